The van der Waals surface area contributed by atoms with Gasteiger partial charge < -0.3 is 4.74 Å². The molecule has 0 heterocycles. The lowest BCUT2D eigenvalue weighted by Gasteiger charge is -2.13. The fourth-order valence-corrected chi connectivity index (χ4v) is 2.45. The summed E-state index contributed by atoms with van der Waals surface area (Å²) < 4.78 is 5.38. The minimum atomic E-state index is 0.125. The molecule has 0 fully saturated rings. The zero-order chi connectivity index (χ0) is 12.1. The van der Waals surface area contributed by atoms with E-state index in [9.17, 15) is 0 Å². The average Bonchev–Trinajstić information content (AvgIpc) is 2.42. The molecule has 0 aliphatic rings. The second-order valence-corrected chi connectivity index (χ2v) is 4.51. The first-order valence-electron chi connectivity index (χ1n) is 5.59. The number of methoxy groups -OCH3 is 1. The van der Waals surface area contributed by atoms with E-state index in [0.29, 0.717) is 0 Å². The summed E-state index contributed by atoms with van der Waals surface area (Å²) in [5, 5.41) is 0.814. The largest absolute Gasteiger partial charge is 0.376 e. The van der Waals surface area contributed by atoms with Gasteiger partial charge >= 0.3 is 0 Å². The highest BCUT2D eigenvalue weighted by Crippen LogP contribution is 2.24. The first-order chi connectivity index (χ1) is 8.35. The van der Waals surface area contributed by atoms with Crippen LogP contribution in [0.3, 0.4) is 0 Å². The lowest BCUT2D eigenvalue weighted by molar-refractivity contribution is 0.124. The predicted molar refractivity (Wildman–Crippen MR) is 75.4 cm³/mol. The second kappa shape index (κ2) is 5.99. The summed E-state index contributed by atoms with van der Waals surface area (Å²) in [4.78, 5) is 0. The molecule has 2 aromatic carbocycles. The molecule has 1 atom stereocenters. The van der Waals surface area contributed by atoms with Gasteiger partial charge in [0.25, 0.3) is 0 Å². The summed E-state index contributed by atoms with van der Waals surface area (Å²) in [5.41, 5.74) is 3.68. The van der Waals surface area contributed by atoms with Crippen molar-refractivity contribution >= 4 is 15.9 Å². The standard InChI is InChI=1S/C15H15BrO/c1-17-15(11-16)14-9-7-13(8-10-14)12-5-3-2-4-6-12/h2-10,15H,11H2,1H3. The fourth-order valence-electron chi connectivity index (χ4n) is 1.81. The lowest BCUT2D eigenvalue weighted by atomic mass is 10.0. The van der Waals surface area contributed by atoms with E-state index in [2.05, 4.69) is 64.5 Å². The van der Waals surface area contributed by atoms with Gasteiger partial charge in [-0.15, -0.1) is 0 Å². The SMILES string of the molecule is COC(CBr)c1ccc(-c2ccccc2)cc1. The second-order valence-electron chi connectivity index (χ2n) is 3.87. The Morgan fingerprint density at radius 2 is 1.53 bits per heavy atom. The van der Waals surface area contributed by atoms with E-state index in [1.54, 1.807) is 7.11 Å². The molecule has 0 saturated carbocycles. The van der Waals surface area contributed by atoms with Gasteiger partial charge in [0.15, 0.2) is 0 Å². The molecule has 0 saturated heterocycles. The number of hydrogen-bond acceptors (Lipinski definition) is 1. The first kappa shape index (κ1) is 12.3. The highest BCUT2D eigenvalue weighted by atomic mass is 79.9. The zero-order valence-electron chi connectivity index (χ0n) is 9.77. The number of alkyl halides is 1. The van der Waals surface area contributed by atoms with Crippen LogP contribution in [-0.4, -0.2) is 12.4 Å². The van der Waals surface area contributed by atoms with Crippen molar-refractivity contribution in [1.82, 2.24) is 0 Å². The molecule has 2 rings (SSSR count). The van der Waals surface area contributed by atoms with Crippen molar-refractivity contribution in [2.45, 2.75) is 6.10 Å². The van der Waals surface area contributed by atoms with E-state index in [1.807, 2.05) is 6.07 Å². The van der Waals surface area contributed by atoms with Crippen molar-refractivity contribution in [1.29, 1.82) is 0 Å². The quantitative estimate of drug-likeness (QED) is 0.757. The average molecular weight is 291 g/mol. The predicted octanol–water partition coefficient (Wildman–Crippen LogP) is 4.44. The van der Waals surface area contributed by atoms with E-state index in [1.165, 1.54) is 16.7 Å². The van der Waals surface area contributed by atoms with Crippen LogP contribution in [0, 0.1) is 0 Å². The maximum Gasteiger partial charge on any atom is 0.0917 e. The maximum atomic E-state index is 5.38. The Morgan fingerprint density at radius 3 is 2.06 bits per heavy atom. The Morgan fingerprint density at radius 1 is 0.941 bits per heavy atom. The molecular formula is C15H15BrO. The van der Waals surface area contributed by atoms with Crippen molar-refractivity contribution in [2.75, 3.05) is 12.4 Å². The Balaban J connectivity index is 2.24. The number of hydrogen-bond donors (Lipinski definition) is 0. The topological polar surface area (TPSA) is 9.23 Å². The van der Waals surface area contributed by atoms with Gasteiger partial charge in [-0.1, -0.05) is 70.5 Å². The normalized spacial score (nSPS) is 12.4. The van der Waals surface area contributed by atoms with Gasteiger partial charge in [-0.3, -0.25) is 0 Å². The van der Waals surface area contributed by atoms with Gasteiger partial charge in [-0.2, -0.15) is 0 Å². The summed E-state index contributed by atoms with van der Waals surface area (Å²) >= 11 is 3.45. The molecule has 0 radical (unpaired) electrons. The molecule has 0 amide bonds. The maximum absolute atomic E-state index is 5.38. The van der Waals surface area contributed by atoms with Crippen molar-refractivity contribution in [3.05, 3.63) is 60.2 Å². The monoisotopic (exact) mass is 290 g/mol. The van der Waals surface area contributed by atoms with Crippen molar-refractivity contribution in [2.24, 2.45) is 0 Å². The smallest absolute Gasteiger partial charge is 0.0917 e. The van der Waals surface area contributed by atoms with Gasteiger partial charge in [-0.05, 0) is 16.7 Å². The first-order valence-corrected chi connectivity index (χ1v) is 6.71. The highest BCUT2D eigenvalue weighted by molar-refractivity contribution is 9.09. The number of benzene rings is 2. The van der Waals surface area contributed by atoms with Crippen LogP contribution in [0.25, 0.3) is 11.1 Å². The summed E-state index contributed by atoms with van der Waals surface area (Å²) in [6.07, 6.45) is 0.125. The highest BCUT2D eigenvalue weighted by Gasteiger charge is 2.08. The van der Waals surface area contributed by atoms with Crippen LogP contribution in [0.2, 0.25) is 0 Å². The van der Waals surface area contributed by atoms with Gasteiger partial charge in [0.1, 0.15) is 0 Å². The van der Waals surface area contributed by atoms with Crippen LogP contribution >= 0.6 is 15.9 Å². The summed E-state index contributed by atoms with van der Waals surface area (Å²) in [7, 11) is 1.73. The third-order valence-electron chi connectivity index (χ3n) is 2.81. The Bertz CT molecular complexity index is 446. The molecule has 2 heteroatoms. The van der Waals surface area contributed by atoms with Crippen molar-refractivity contribution in [3.63, 3.8) is 0 Å². The number of rotatable bonds is 4. The van der Waals surface area contributed by atoms with E-state index >= 15 is 0 Å². The molecule has 1 nitrogen and oxygen atoms in total. The van der Waals surface area contributed by atoms with Crippen molar-refractivity contribution in [3.8, 4) is 11.1 Å². The molecular weight excluding hydrogens is 276 g/mol. The Kier molecular flexibility index (Phi) is 4.35. The van der Waals surface area contributed by atoms with E-state index < -0.39 is 0 Å². The van der Waals surface area contributed by atoms with Gasteiger partial charge in [0.2, 0.25) is 0 Å². The minimum absolute atomic E-state index is 0.125. The Labute approximate surface area is 111 Å². The van der Waals surface area contributed by atoms with Gasteiger partial charge in [0.05, 0.1) is 6.10 Å². The van der Waals surface area contributed by atoms with Crippen LogP contribution in [0.15, 0.2) is 54.6 Å². The van der Waals surface area contributed by atoms with Crippen LogP contribution < -0.4 is 0 Å². The van der Waals surface area contributed by atoms with Gasteiger partial charge in [-0.25, -0.2) is 0 Å². The molecule has 17 heavy (non-hydrogen) atoms. The molecule has 1 unspecified atom stereocenters. The van der Waals surface area contributed by atoms with Crippen LogP contribution in [0.1, 0.15) is 11.7 Å². The lowest BCUT2D eigenvalue weighted by Crippen LogP contribution is -2.01. The fraction of sp³-hybridized carbons (Fsp3) is 0.200. The molecule has 0 N–H and O–H groups in total. The summed E-state index contributed by atoms with van der Waals surface area (Å²) in [6.45, 7) is 0. The molecule has 0 spiro atoms. The number of ether oxygens (including phenoxy) is 1. The van der Waals surface area contributed by atoms with E-state index in [0.717, 1.165) is 5.33 Å². The summed E-state index contributed by atoms with van der Waals surface area (Å²) in [6, 6.07) is 18.9. The molecule has 2 aromatic rings. The van der Waals surface area contributed by atoms with Gasteiger partial charge in [0, 0.05) is 12.4 Å². The van der Waals surface area contributed by atoms with E-state index in [4.69, 9.17) is 4.74 Å². The zero-order valence-corrected chi connectivity index (χ0v) is 11.4. The number of halogens is 1. The van der Waals surface area contributed by atoms with Crippen LogP contribution in [0.5, 0.6) is 0 Å². The minimum Gasteiger partial charge on any atom is -0.376 e. The van der Waals surface area contributed by atoms with E-state index in [-0.39, 0.29) is 6.10 Å². The molecule has 0 bridgehead atoms. The summed E-state index contributed by atoms with van der Waals surface area (Å²) in [5.74, 6) is 0. The van der Waals surface area contributed by atoms with Crippen LogP contribution in [0.4, 0.5) is 0 Å². The molecule has 0 aliphatic heterocycles. The molecule has 0 aromatic heterocycles. The van der Waals surface area contributed by atoms with Crippen molar-refractivity contribution < 1.29 is 4.74 Å². The molecule has 0 aliphatic carbocycles. The third-order valence-corrected chi connectivity index (χ3v) is 3.40. The Hall–Kier alpha value is -1.12. The molecule has 88 valence electrons. The van der Waals surface area contributed by atoms with Crippen LogP contribution in [-0.2, 0) is 4.74 Å². The third kappa shape index (κ3) is 2.96.